The van der Waals surface area contributed by atoms with Gasteiger partial charge in [-0.3, -0.25) is 0 Å². The normalized spacial score (nSPS) is 11.5. The molecule has 0 unspecified atom stereocenters. The molecule has 0 N–H and O–H groups in total. The van der Waals surface area contributed by atoms with E-state index < -0.39 is 0 Å². The van der Waals surface area contributed by atoms with Crippen molar-refractivity contribution in [3.63, 3.8) is 0 Å². The molecule has 3 aromatic carbocycles. The average Bonchev–Trinajstić information content (AvgIpc) is 3.04. The predicted molar refractivity (Wildman–Crippen MR) is 127 cm³/mol. The highest BCUT2D eigenvalue weighted by molar-refractivity contribution is 5.94. The summed E-state index contributed by atoms with van der Waals surface area (Å²) in [6.07, 6.45) is 2.00. The van der Waals surface area contributed by atoms with Crippen LogP contribution >= 0.6 is 0 Å². The number of fused-ring (bicyclic) bond motifs is 1. The molecule has 0 bridgehead atoms. The Morgan fingerprint density at radius 1 is 0.900 bits per heavy atom. The van der Waals surface area contributed by atoms with Crippen LogP contribution in [0.1, 0.15) is 22.5 Å². The molecule has 3 nitrogen and oxygen atoms in total. The summed E-state index contributed by atoms with van der Waals surface area (Å²) in [6, 6.07) is 27.5. The number of benzene rings is 3. The van der Waals surface area contributed by atoms with E-state index in [2.05, 4.69) is 84.0 Å². The maximum atomic E-state index is 9.85. The number of hydrogen-bond donors (Lipinski definition) is 0. The summed E-state index contributed by atoms with van der Waals surface area (Å²) in [5.41, 5.74) is 7.24. The van der Waals surface area contributed by atoms with Crippen LogP contribution in [0.4, 0.5) is 5.69 Å². The minimum Gasteiger partial charge on any atom is -0.378 e. The van der Waals surface area contributed by atoms with E-state index in [9.17, 15) is 5.26 Å². The van der Waals surface area contributed by atoms with Gasteiger partial charge in [0.2, 0.25) is 0 Å². The molecule has 0 spiro atoms. The minimum absolute atomic E-state index is 0.670. The smallest absolute Gasteiger partial charge is 0.0998 e. The van der Waals surface area contributed by atoms with Gasteiger partial charge in [-0.05, 0) is 78.2 Å². The molecular formula is C27H25N3. The largest absolute Gasteiger partial charge is 0.378 e. The van der Waals surface area contributed by atoms with E-state index in [0.717, 1.165) is 33.6 Å². The van der Waals surface area contributed by atoms with Gasteiger partial charge in [0.05, 0.1) is 11.6 Å². The third-order valence-electron chi connectivity index (χ3n) is 5.58. The summed E-state index contributed by atoms with van der Waals surface area (Å²) in [6.45, 7) is 4.21. The molecule has 3 heteroatoms. The molecule has 1 heterocycles. The molecule has 30 heavy (non-hydrogen) atoms. The van der Waals surface area contributed by atoms with E-state index in [4.69, 9.17) is 0 Å². The second kappa shape index (κ2) is 7.93. The molecule has 148 valence electrons. The van der Waals surface area contributed by atoms with Gasteiger partial charge >= 0.3 is 0 Å². The first-order chi connectivity index (χ1) is 14.5. The number of aromatic nitrogens is 1. The lowest BCUT2D eigenvalue weighted by Crippen LogP contribution is -2.08. The van der Waals surface area contributed by atoms with Crippen molar-refractivity contribution in [1.82, 2.24) is 4.57 Å². The summed E-state index contributed by atoms with van der Waals surface area (Å²) < 4.78 is 2.24. The summed E-state index contributed by atoms with van der Waals surface area (Å²) >= 11 is 0. The van der Waals surface area contributed by atoms with Gasteiger partial charge in [-0.1, -0.05) is 36.4 Å². The van der Waals surface area contributed by atoms with Crippen molar-refractivity contribution in [2.75, 3.05) is 19.0 Å². The van der Waals surface area contributed by atoms with Gasteiger partial charge in [0.1, 0.15) is 0 Å². The Bertz CT molecular complexity index is 1280. The standard InChI is InChI=1S/C27H25N3/c1-19-15-24(20(2)30(19)27-13-11-26(12-14-27)29(3)4)17-25(18-28)23-10-9-21-7-5-6-8-22(21)16-23/h5-17H,1-4H3/b25-17-. The minimum atomic E-state index is 0.670. The second-order valence-electron chi connectivity index (χ2n) is 7.80. The lowest BCUT2D eigenvalue weighted by Gasteiger charge is -2.15. The zero-order valence-corrected chi connectivity index (χ0v) is 17.8. The van der Waals surface area contributed by atoms with Gasteiger partial charge in [-0.25, -0.2) is 0 Å². The van der Waals surface area contributed by atoms with Crippen LogP contribution in [0.15, 0.2) is 72.8 Å². The molecule has 0 aliphatic heterocycles. The molecular weight excluding hydrogens is 366 g/mol. The van der Waals surface area contributed by atoms with Gasteiger partial charge in [0.15, 0.2) is 0 Å². The van der Waals surface area contributed by atoms with Crippen molar-refractivity contribution in [2.45, 2.75) is 13.8 Å². The molecule has 4 rings (SSSR count). The van der Waals surface area contributed by atoms with E-state index in [0.29, 0.717) is 5.57 Å². The third kappa shape index (κ3) is 3.60. The SMILES string of the molecule is Cc1cc(/C=C(/C#N)c2ccc3ccccc3c2)c(C)n1-c1ccc(N(C)C)cc1. The van der Waals surface area contributed by atoms with Crippen LogP contribution in [0, 0.1) is 25.2 Å². The Kier molecular flexibility index (Phi) is 5.16. The fourth-order valence-electron chi connectivity index (χ4n) is 3.92. The molecule has 0 amide bonds. The van der Waals surface area contributed by atoms with Crippen LogP contribution in [0.25, 0.3) is 28.1 Å². The van der Waals surface area contributed by atoms with Crippen molar-refractivity contribution in [1.29, 1.82) is 5.26 Å². The third-order valence-corrected chi connectivity index (χ3v) is 5.58. The molecule has 0 atom stereocenters. The first-order valence-corrected chi connectivity index (χ1v) is 10.1. The highest BCUT2D eigenvalue weighted by atomic mass is 15.1. The first-order valence-electron chi connectivity index (χ1n) is 10.1. The quantitative estimate of drug-likeness (QED) is 0.378. The van der Waals surface area contributed by atoms with E-state index in [-0.39, 0.29) is 0 Å². The average molecular weight is 392 g/mol. The van der Waals surface area contributed by atoms with Crippen LogP contribution in [0.3, 0.4) is 0 Å². The van der Waals surface area contributed by atoms with Crippen LogP contribution in [0.5, 0.6) is 0 Å². The van der Waals surface area contributed by atoms with Gasteiger partial charge < -0.3 is 9.47 Å². The monoisotopic (exact) mass is 391 g/mol. The van der Waals surface area contributed by atoms with Crippen LogP contribution in [-0.4, -0.2) is 18.7 Å². The first kappa shape index (κ1) is 19.5. The zero-order valence-electron chi connectivity index (χ0n) is 17.8. The Morgan fingerprint density at radius 3 is 2.27 bits per heavy atom. The van der Waals surface area contributed by atoms with Crippen molar-refractivity contribution in [2.24, 2.45) is 0 Å². The summed E-state index contributed by atoms with van der Waals surface area (Å²) in [4.78, 5) is 2.09. The van der Waals surface area contributed by atoms with E-state index in [1.165, 1.54) is 11.1 Å². The van der Waals surface area contributed by atoms with Crippen LogP contribution in [0.2, 0.25) is 0 Å². The lowest BCUT2D eigenvalue weighted by molar-refractivity contribution is 0.963. The van der Waals surface area contributed by atoms with Gasteiger partial charge in [-0.2, -0.15) is 5.26 Å². The molecule has 0 radical (unpaired) electrons. The molecule has 0 aliphatic carbocycles. The Balaban J connectivity index is 1.75. The molecule has 1 aromatic heterocycles. The number of anilines is 1. The van der Waals surface area contributed by atoms with E-state index >= 15 is 0 Å². The predicted octanol–water partition coefficient (Wildman–Crippen LogP) is 6.38. The van der Waals surface area contributed by atoms with Crippen molar-refractivity contribution < 1.29 is 0 Å². The highest BCUT2D eigenvalue weighted by Gasteiger charge is 2.11. The maximum absolute atomic E-state index is 9.85. The van der Waals surface area contributed by atoms with Crippen LogP contribution in [-0.2, 0) is 0 Å². The van der Waals surface area contributed by atoms with Crippen molar-refractivity contribution in [3.8, 4) is 11.8 Å². The second-order valence-corrected chi connectivity index (χ2v) is 7.80. The number of nitriles is 1. The molecule has 0 aliphatic rings. The Hall–Kier alpha value is -3.77. The van der Waals surface area contributed by atoms with Gasteiger partial charge in [0.25, 0.3) is 0 Å². The molecule has 4 aromatic rings. The Labute approximate surface area is 178 Å². The van der Waals surface area contributed by atoms with E-state index in [1.807, 2.05) is 38.4 Å². The fourth-order valence-corrected chi connectivity index (χ4v) is 3.92. The molecule has 0 fully saturated rings. The van der Waals surface area contributed by atoms with Crippen LogP contribution < -0.4 is 4.90 Å². The molecule has 0 saturated heterocycles. The fraction of sp³-hybridized carbons (Fsp3) is 0.148. The van der Waals surface area contributed by atoms with Gasteiger partial charge in [-0.15, -0.1) is 0 Å². The number of rotatable bonds is 4. The molecule has 0 saturated carbocycles. The van der Waals surface area contributed by atoms with E-state index in [1.54, 1.807) is 0 Å². The number of hydrogen-bond acceptors (Lipinski definition) is 2. The number of allylic oxidation sites excluding steroid dienone is 1. The van der Waals surface area contributed by atoms with Crippen molar-refractivity contribution >= 4 is 28.1 Å². The summed E-state index contributed by atoms with van der Waals surface area (Å²) in [5.74, 6) is 0. The highest BCUT2D eigenvalue weighted by Crippen LogP contribution is 2.27. The summed E-state index contributed by atoms with van der Waals surface area (Å²) in [7, 11) is 4.08. The summed E-state index contributed by atoms with van der Waals surface area (Å²) in [5, 5.41) is 12.2. The number of nitrogens with zero attached hydrogens (tertiary/aromatic N) is 3. The number of aryl methyl sites for hydroxylation is 1. The lowest BCUT2D eigenvalue weighted by atomic mass is 10.0. The topological polar surface area (TPSA) is 32.0 Å². The maximum Gasteiger partial charge on any atom is 0.0998 e. The Morgan fingerprint density at radius 2 is 1.60 bits per heavy atom. The van der Waals surface area contributed by atoms with Gasteiger partial charge in [0, 0.05) is 36.9 Å². The zero-order chi connectivity index (χ0) is 21.3. The van der Waals surface area contributed by atoms with Crippen molar-refractivity contribution in [3.05, 3.63) is 95.3 Å².